The molecule has 1 fully saturated rings. The molecule has 0 unspecified atom stereocenters. The number of amides is 1. The average molecular weight is 480 g/mol. The Morgan fingerprint density at radius 2 is 1.91 bits per heavy atom. The molecule has 3 rings (SSSR count). The van der Waals surface area contributed by atoms with Crippen LogP contribution in [0.4, 0.5) is 0 Å². The molecule has 8 nitrogen and oxygen atoms in total. The molecule has 1 aromatic carbocycles. The van der Waals surface area contributed by atoms with Crippen molar-refractivity contribution >= 4 is 29.3 Å². The van der Waals surface area contributed by atoms with Gasteiger partial charge in [-0.05, 0) is 26.0 Å². The Bertz CT molecular complexity index is 1030. The van der Waals surface area contributed by atoms with Gasteiger partial charge in [-0.1, -0.05) is 18.5 Å². The van der Waals surface area contributed by atoms with Gasteiger partial charge in [0.1, 0.15) is 18.0 Å². The molecule has 3 N–H and O–H groups in total. The van der Waals surface area contributed by atoms with E-state index in [9.17, 15) is 29.7 Å². The zero-order valence-corrected chi connectivity index (χ0v) is 20.4. The number of nitrogens with zero attached hydrogens (tertiary/aromatic N) is 2. The second kappa shape index (κ2) is 9.08. The number of hydrogen-bond acceptors (Lipinski definition) is 5. The van der Waals surface area contributed by atoms with Gasteiger partial charge < -0.3 is 24.7 Å². The van der Waals surface area contributed by atoms with Crippen molar-refractivity contribution in [2.24, 2.45) is 11.8 Å². The highest BCUT2D eigenvalue weighted by atomic mass is 35.5. The van der Waals surface area contributed by atoms with Crippen molar-refractivity contribution < 1.29 is 34.2 Å². The van der Waals surface area contributed by atoms with E-state index in [1.807, 2.05) is 21.0 Å². The molecule has 0 aliphatic carbocycles. The van der Waals surface area contributed by atoms with Crippen LogP contribution in [0.3, 0.4) is 0 Å². The van der Waals surface area contributed by atoms with Crippen molar-refractivity contribution in [2.45, 2.75) is 45.8 Å². The van der Waals surface area contributed by atoms with Gasteiger partial charge in [0.05, 0.1) is 43.7 Å². The lowest BCUT2D eigenvalue weighted by molar-refractivity contribution is -0.886. The van der Waals surface area contributed by atoms with Crippen LogP contribution in [0.25, 0.3) is 0 Å². The summed E-state index contributed by atoms with van der Waals surface area (Å²) in [6, 6.07) is 2.65. The molecule has 2 aliphatic rings. The molecule has 1 saturated heterocycles. The first kappa shape index (κ1) is 25.2. The molecule has 0 bridgehead atoms. The van der Waals surface area contributed by atoms with Gasteiger partial charge in [-0.3, -0.25) is 9.59 Å². The number of Topliss-reactive ketones (excluding diaryl/α,β-unsaturated/α-hetero) is 1. The number of aliphatic hydroxyl groups is 1. The highest BCUT2D eigenvalue weighted by Gasteiger charge is 2.60. The summed E-state index contributed by atoms with van der Waals surface area (Å²) in [5.41, 5.74) is 1.57. The number of aromatic hydroxyl groups is 1. The fourth-order valence-corrected chi connectivity index (χ4v) is 5.35. The van der Waals surface area contributed by atoms with Crippen molar-refractivity contribution in [2.75, 3.05) is 27.2 Å². The lowest BCUT2D eigenvalue weighted by Gasteiger charge is -2.46. The molecule has 0 aromatic heterocycles. The topological polar surface area (TPSA) is 115 Å². The molecule has 4 atom stereocenters. The Hall–Kier alpha value is -2.42. The number of aliphatic hydroxyl groups excluding tert-OH is 1. The number of rotatable bonds is 9. The summed E-state index contributed by atoms with van der Waals surface area (Å²) < 4.78 is 0.445. The normalized spacial score (nSPS) is 23.4. The van der Waals surface area contributed by atoms with Gasteiger partial charge in [-0.25, -0.2) is 4.79 Å². The number of phenols is 1. The number of fused-ring (bicyclic) bond motifs is 1. The number of β-lactam (4-membered cyclic amide) rings is 1. The Balaban J connectivity index is 1.69. The fourth-order valence-electron chi connectivity index (χ4n) is 5.09. The van der Waals surface area contributed by atoms with Crippen LogP contribution in [0.5, 0.6) is 5.75 Å². The summed E-state index contributed by atoms with van der Waals surface area (Å²) in [5.74, 6) is -2.30. The number of hydrogen-bond donors (Lipinski definition) is 3. The fraction of sp³-hybridized carbons (Fsp3) is 0.542. The van der Waals surface area contributed by atoms with E-state index >= 15 is 0 Å². The molecule has 180 valence electrons. The van der Waals surface area contributed by atoms with Gasteiger partial charge in [0.25, 0.3) is 0 Å². The summed E-state index contributed by atoms with van der Waals surface area (Å²) in [6.45, 7) is 6.15. The largest absolute Gasteiger partial charge is 0.508 e. The van der Waals surface area contributed by atoms with E-state index in [1.54, 1.807) is 13.8 Å². The first-order valence-electron chi connectivity index (χ1n) is 11.1. The lowest BCUT2D eigenvalue weighted by Crippen LogP contribution is -2.63. The number of halogens is 1. The third-order valence-corrected chi connectivity index (χ3v) is 7.43. The zero-order chi connectivity index (χ0) is 24.8. The van der Waals surface area contributed by atoms with Crippen molar-refractivity contribution in [3.05, 3.63) is 39.6 Å². The van der Waals surface area contributed by atoms with Crippen LogP contribution in [0.2, 0.25) is 5.02 Å². The van der Waals surface area contributed by atoms with Gasteiger partial charge in [0.2, 0.25) is 5.91 Å². The van der Waals surface area contributed by atoms with Crippen LogP contribution in [0, 0.1) is 18.8 Å². The minimum absolute atomic E-state index is 0.0306. The van der Waals surface area contributed by atoms with Crippen LogP contribution in [-0.2, 0) is 9.59 Å². The van der Waals surface area contributed by atoms with Crippen LogP contribution in [-0.4, -0.2) is 81.7 Å². The van der Waals surface area contributed by atoms with Crippen molar-refractivity contribution in [3.8, 4) is 5.75 Å². The van der Waals surface area contributed by atoms with Gasteiger partial charge >= 0.3 is 5.97 Å². The number of aliphatic carboxylic acids is 1. The average Bonchev–Trinajstić information content (AvgIpc) is 2.94. The molecule has 1 aromatic rings. The Kier molecular flexibility index (Phi) is 6.94. The highest BCUT2D eigenvalue weighted by molar-refractivity contribution is 6.34. The summed E-state index contributed by atoms with van der Waals surface area (Å²) in [4.78, 5) is 38.5. The Labute approximate surface area is 198 Å². The van der Waals surface area contributed by atoms with Crippen LogP contribution in [0.15, 0.2) is 23.4 Å². The number of quaternary nitrogens is 1. The molecule has 0 saturated carbocycles. The maximum atomic E-state index is 12.7. The van der Waals surface area contributed by atoms with E-state index in [-0.39, 0.29) is 46.5 Å². The maximum Gasteiger partial charge on any atom is 0.352 e. The summed E-state index contributed by atoms with van der Waals surface area (Å²) in [6.07, 6.45) is -0.00261. The smallest absolute Gasteiger partial charge is 0.352 e. The van der Waals surface area contributed by atoms with Gasteiger partial charge in [0.15, 0.2) is 5.78 Å². The molecule has 2 aliphatic heterocycles. The Morgan fingerprint density at radius 3 is 2.48 bits per heavy atom. The van der Waals surface area contributed by atoms with E-state index in [1.165, 1.54) is 17.0 Å². The summed E-state index contributed by atoms with van der Waals surface area (Å²) in [7, 11) is 3.93. The first-order chi connectivity index (χ1) is 15.3. The van der Waals surface area contributed by atoms with Crippen molar-refractivity contribution in [1.29, 1.82) is 0 Å². The molecule has 1 amide bonds. The van der Waals surface area contributed by atoms with E-state index in [2.05, 4.69) is 0 Å². The molecule has 0 radical (unpaired) electrons. The first-order valence-corrected chi connectivity index (χ1v) is 11.5. The lowest BCUT2D eigenvalue weighted by atomic mass is 9.77. The second-order valence-electron chi connectivity index (χ2n) is 9.85. The van der Waals surface area contributed by atoms with E-state index < -0.39 is 18.0 Å². The van der Waals surface area contributed by atoms with E-state index in [0.717, 1.165) is 0 Å². The van der Waals surface area contributed by atoms with E-state index in [0.29, 0.717) is 40.7 Å². The van der Waals surface area contributed by atoms with Crippen molar-refractivity contribution in [3.63, 3.8) is 0 Å². The monoisotopic (exact) mass is 479 g/mol. The quantitative estimate of drug-likeness (QED) is 0.285. The second-order valence-corrected chi connectivity index (χ2v) is 10.2. The van der Waals surface area contributed by atoms with Crippen LogP contribution < -0.4 is 0 Å². The standard InChI is InChI=1S/C24H31ClN2O6/c1-12-16(22(24(32)33)26-21(12)19(14(3)28)23(26)31)11-27(4,5)10-6-7-18(30)15-8-9-17(29)13(2)20(15)25/h8-9,12,14,19,21,28H,6-7,10-11H2,1-5H3,(H-,29,30,32,33)/p+1/t12-,14+,19+,21+/m0/s1. The molecule has 0 spiro atoms. The third kappa shape index (κ3) is 4.52. The summed E-state index contributed by atoms with van der Waals surface area (Å²) in [5, 5.41) is 29.8. The zero-order valence-electron chi connectivity index (χ0n) is 19.6. The number of likely N-dealkylation sites (N-methyl/N-ethyl adjacent to an activating group) is 1. The number of carbonyl (C=O) groups excluding carboxylic acids is 2. The minimum Gasteiger partial charge on any atom is -0.508 e. The number of ketones is 1. The predicted octanol–water partition coefficient (Wildman–Crippen LogP) is 2.59. The number of phenolic OH excluding ortho intramolecular Hbond substituents is 1. The molecule has 33 heavy (non-hydrogen) atoms. The highest BCUT2D eigenvalue weighted by Crippen LogP contribution is 2.47. The van der Waals surface area contributed by atoms with Gasteiger partial charge in [-0.2, -0.15) is 0 Å². The predicted molar refractivity (Wildman–Crippen MR) is 123 cm³/mol. The summed E-state index contributed by atoms with van der Waals surface area (Å²) >= 11 is 6.22. The minimum atomic E-state index is -1.13. The van der Waals surface area contributed by atoms with Crippen LogP contribution in [0.1, 0.15) is 42.6 Å². The number of carboxylic acid groups (broad SMARTS) is 1. The number of carbonyl (C=O) groups is 3. The maximum absolute atomic E-state index is 12.7. The molecular weight excluding hydrogens is 448 g/mol. The van der Waals surface area contributed by atoms with Crippen molar-refractivity contribution in [1.82, 2.24) is 4.90 Å². The molecule has 2 heterocycles. The number of benzene rings is 1. The SMILES string of the molecule is Cc1c(O)ccc(C(=O)CCC[N+](C)(C)CC2=C(C(=O)O)N3C(=O)[C@H]([C@@H](C)O)[C@H]3[C@H]2C)c1Cl. The molecule has 9 heteroatoms. The van der Waals surface area contributed by atoms with Gasteiger partial charge in [0, 0.05) is 35.5 Å². The van der Waals surface area contributed by atoms with Crippen LogP contribution >= 0.6 is 11.6 Å². The third-order valence-electron chi connectivity index (χ3n) is 6.94. The van der Waals surface area contributed by atoms with Gasteiger partial charge in [-0.15, -0.1) is 0 Å². The Morgan fingerprint density at radius 1 is 1.27 bits per heavy atom. The molecular formula is C24H32ClN2O6+. The number of carboxylic acids is 1. The van der Waals surface area contributed by atoms with E-state index in [4.69, 9.17) is 11.6 Å².